The number of nitrogens with zero attached hydrogens (tertiary/aromatic N) is 2. The number of carbonyl (C=O) groups is 1. The summed E-state index contributed by atoms with van der Waals surface area (Å²) in [5, 5.41) is 11.2. The first-order valence-corrected chi connectivity index (χ1v) is 8.53. The summed E-state index contributed by atoms with van der Waals surface area (Å²) in [6.45, 7) is 4.22. The van der Waals surface area contributed by atoms with Crippen LogP contribution < -0.4 is 10.1 Å². The maximum absolute atomic E-state index is 11.6. The molecular formula is C16H19N3O3S. The Morgan fingerprint density at radius 3 is 3.00 bits per heavy atom. The number of nitrogens with one attached hydrogen (secondary N) is 1. The van der Waals surface area contributed by atoms with E-state index in [-0.39, 0.29) is 18.3 Å². The molecule has 0 spiro atoms. The second kappa shape index (κ2) is 7.04. The largest absolute Gasteiger partial charge is 0.484 e. The fourth-order valence-corrected chi connectivity index (χ4v) is 2.57. The van der Waals surface area contributed by atoms with Gasteiger partial charge in [0.15, 0.2) is 6.61 Å². The van der Waals surface area contributed by atoms with E-state index in [9.17, 15) is 4.79 Å². The zero-order valence-electron chi connectivity index (χ0n) is 13.2. The summed E-state index contributed by atoms with van der Waals surface area (Å²) in [6.07, 6.45) is 2.16. The van der Waals surface area contributed by atoms with Crippen molar-refractivity contribution in [2.24, 2.45) is 0 Å². The molecule has 1 N–H and O–H groups in total. The van der Waals surface area contributed by atoms with Crippen molar-refractivity contribution in [1.82, 2.24) is 15.5 Å². The average Bonchev–Trinajstić information content (AvgIpc) is 3.22. The van der Waals surface area contributed by atoms with E-state index in [2.05, 4.69) is 15.5 Å². The average molecular weight is 333 g/mol. The highest BCUT2D eigenvalue weighted by molar-refractivity contribution is 7.99. The van der Waals surface area contributed by atoms with Gasteiger partial charge >= 0.3 is 0 Å². The quantitative estimate of drug-likeness (QED) is 0.785. The lowest BCUT2D eigenvalue weighted by Gasteiger charge is -2.07. The second-order valence-electron chi connectivity index (χ2n) is 5.65. The van der Waals surface area contributed by atoms with Crippen LogP contribution in [-0.4, -0.2) is 27.9 Å². The van der Waals surface area contributed by atoms with Gasteiger partial charge in [-0.2, -0.15) is 0 Å². The van der Waals surface area contributed by atoms with Crippen molar-refractivity contribution in [3.63, 3.8) is 0 Å². The summed E-state index contributed by atoms with van der Waals surface area (Å²) in [6, 6.07) is 6.39. The van der Waals surface area contributed by atoms with Gasteiger partial charge in [-0.15, -0.1) is 10.2 Å². The molecule has 0 unspecified atom stereocenters. The van der Waals surface area contributed by atoms with Crippen LogP contribution in [0.4, 0.5) is 0 Å². The fourth-order valence-electron chi connectivity index (χ4n) is 1.98. The smallest absolute Gasteiger partial charge is 0.277 e. The van der Waals surface area contributed by atoms with E-state index in [1.165, 1.54) is 11.8 Å². The molecule has 0 bridgehead atoms. The molecule has 23 heavy (non-hydrogen) atoms. The molecule has 7 heteroatoms. The van der Waals surface area contributed by atoms with Crippen molar-refractivity contribution in [3.05, 3.63) is 35.2 Å². The van der Waals surface area contributed by atoms with E-state index in [4.69, 9.17) is 9.15 Å². The van der Waals surface area contributed by atoms with Crippen molar-refractivity contribution < 1.29 is 13.9 Å². The van der Waals surface area contributed by atoms with Gasteiger partial charge in [-0.05, 0) is 43.9 Å². The second-order valence-corrected chi connectivity index (χ2v) is 6.58. The van der Waals surface area contributed by atoms with E-state index in [1.807, 2.05) is 32.0 Å². The Balaban J connectivity index is 1.48. The Morgan fingerprint density at radius 2 is 2.22 bits per heavy atom. The molecule has 1 aromatic heterocycles. The lowest BCUT2D eigenvalue weighted by Crippen LogP contribution is -2.26. The van der Waals surface area contributed by atoms with E-state index in [1.54, 1.807) is 0 Å². The van der Waals surface area contributed by atoms with Crippen molar-refractivity contribution in [2.75, 3.05) is 5.75 Å². The highest BCUT2D eigenvalue weighted by atomic mass is 32.2. The molecule has 1 saturated carbocycles. The van der Waals surface area contributed by atoms with Gasteiger partial charge in [0.05, 0.1) is 5.75 Å². The Labute approximate surface area is 139 Å². The van der Waals surface area contributed by atoms with Gasteiger partial charge in [-0.25, -0.2) is 0 Å². The van der Waals surface area contributed by atoms with Gasteiger partial charge < -0.3 is 14.5 Å². The predicted molar refractivity (Wildman–Crippen MR) is 86.4 cm³/mol. The standard InChI is InChI=1S/C16H19N3O3S/c1-10-3-4-11(2)13(7-10)21-8-15-18-19-16(22-15)23-9-14(20)17-12-5-6-12/h3-4,7,12H,5-6,8-9H2,1-2H3,(H,17,20). The van der Waals surface area contributed by atoms with Crippen LogP contribution in [-0.2, 0) is 11.4 Å². The molecule has 0 atom stereocenters. The van der Waals surface area contributed by atoms with Crippen LogP contribution >= 0.6 is 11.8 Å². The number of amides is 1. The number of carbonyl (C=O) groups excluding carboxylic acids is 1. The zero-order chi connectivity index (χ0) is 16.2. The first-order chi connectivity index (χ1) is 11.1. The van der Waals surface area contributed by atoms with Gasteiger partial charge in [-0.1, -0.05) is 23.9 Å². The van der Waals surface area contributed by atoms with E-state index in [0.29, 0.717) is 17.2 Å². The number of hydrogen-bond acceptors (Lipinski definition) is 6. The van der Waals surface area contributed by atoms with Crippen molar-refractivity contribution in [1.29, 1.82) is 0 Å². The van der Waals surface area contributed by atoms with Gasteiger partial charge in [0, 0.05) is 6.04 Å². The van der Waals surface area contributed by atoms with Gasteiger partial charge in [-0.3, -0.25) is 4.79 Å². The third kappa shape index (κ3) is 4.72. The molecule has 2 aromatic rings. The summed E-state index contributed by atoms with van der Waals surface area (Å²) in [4.78, 5) is 11.6. The van der Waals surface area contributed by atoms with Crippen LogP contribution in [0.1, 0.15) is 29.9 Å². The lowest BCUT2D eigenvalue weighted by atomic mass is 10.1. The number of hydrogen-bond donors (Lipinski definition) is 1. The predicted octanol–water partition coefficient (Wildman–Crippen LogP) is 2.64. The molecule has 1 aliphatic rings. The molecule has 1 heterocycles. The van der Waals surface area contributed by atoms with Gasteiger partial charge in [0.25, 0.3) is 11.1 Å². The molecule has 1 aliphatic carbocycles. The SMILES string of the molecule is Cc1ccc(C)c(OCc2nnc(SCC(=O)NC3CC3)o2)c1. The van der Waals surface area contributed by atoms with Crippen molar-refractivity contribution in [3.8, 4) is 5.75 Å². The van der Waals surface area contributed by atoms with Gasteiger partial charge in [0.2, 0.25) is 5.91 Å². The highest BCUT2D eigenvalue weighted by Gasteiger charge is 2.23. The normalized spacial score (nSPS) is 13.8. The van der Waals surface area contributed by atoms with Crippen molar-refractivity contribution in [2.45, 2.75) is 44.6 Å². The van der Waals surface area contributed by atoms with Crippen LogP contribution in [0, 0.1) is 13.8 Å². The number of ether oxygens (including phenoxy) is 1. The van der Waals surface area contributed by atoms with E-state index in [0.717, 1.165) is 29.7 Å². The lowest BCUT2D eigenvalue weighted by molar-refractivity contribution is -0.118. The molecule has 122 valence electrons. The number of benzene rings is 1. The molecule has 0 aliphatic heterocycles. The fraction of sp³-hybridized carbons (Fsp3) is 0.438. The number of thioether (sulfide) groups is 1. The maximum atomic E-state index is 11.6. The summed E-state index contributed by atoms with van der Waals surface area (Å²) < 4.78 is 11.2. The van der Waals surface area contributed by atoms with Crippen LogP contribution in [0.3, 0.4) is 0 Å². The van der Waals surface area contributed by atoms with Crippen LogP contribution in [0.25, 0.3) is 0 Å². The van der Waals surface area contributed by atoms with E-state index < -0.39 is 0 Å². The van der Waals surface area contributed by atoms with Crippen LogP contribution in [0.5, 0.6) is 5.75 Å². The Kier molecular flexibility index (Phi) is 4.85. The minimum absolute atomic E-state index is 0.00360. The van der Waals surface area contributed by atoms with Crippen LogP contribution in [0.15, 0.2) is 27.8 Å². The molecule has 1 amide bonds. The molecule has 0 saturated heterocycles. The minimum atomic E-state index is 0.00360. The number of aryl methyl sites for hydroxylation is 2. The third-order valence-corrected chi connectivity index (χ3v) is 4.23. The number of rotatable bonds is 7. The first kappa shape index (κ1) is 15.9. The maximum Gasteiger partial charge on any atom is 0.277 e. The zero-order valence-corrected chi connectivity index (χ0v) is 14.0. The molecule has 6 nitrogen and oxygen atoms in total. The van der Waals surface area contributed by atoms with Crippen LogP contribution in [0.2, 0.25) is 0 Å². The summed E-state index contributed by atoms with van der Waals surface area (Å²) in [5.74, 6) is 1.50. The molecule has 1 aromatic carbocycles. The summed E-state index contributed by atoms with van der Waals surface area (Å²) in [7, 11) is 0. The van der Waals surface area contributed by atoms with E-state index >= 15 is 0 Å². The van der Waals surface area contributed by atoms with Gasteiger partial charge in [0.1, 0.15) is 5.75 Å². The topological polar surface area (TPSA) is 77.2 Å². The van der Waals surface area contributed by atoms with Crippen molar-refractivity contribution >= 4 is 17.7 Å². The Hall–Kier alpha value is -2.02. The molecule has 3 rings (SSSR count). The highest BCUT2D eigenvalue weighted by Crippen LogP contribution is 2.22. The molecular weight excluding hydrogens is 314 g/mol. The Morgan fingerprint density at radius 1 is 1.39 bits per heavy atom. The monoisotopic (exact) mass is 333 g/mol. The summed E-state index contributed by atoms with van der Waals surface area (Å²) in [5.41, 5.74) is 2.19. The Bertz CT molecular complexity index is 698. The molecule has 1 fully saturated rings. The third-order valence-electron chi connectivity index (χ3n) is 3.41. The first-order valence-electron chi connectivity index (χ1n) is 7.55. The molecule has 0 radical (unpaired) electrons. The summed E-state index contributed by atoms with van der Waals surface area (Å²) >= 11 is 1.24. The number of aromatic nitrogens is 2. The minimum Gasteiger partial charge on any atom is -0.484 e.